The van der Waals surface area contributed by atoms with Crippen LogP contribution in [-0.2, 0) is 9.59 Å². The first-order valence-electron chi connectivity index (χ1n) is 8.39. The summed E-state index contributed by atoms with van der Waals surface area (Å²) in [6.07, 6.45) is 7.61. The van der Waals surface area contributed by atoms with Gasteiger partial charge >= 0.3 is 0 Å². The van der Waals surface area contributed by atoms with Crippen molar-refractivity contribution >= 4 is 34.9 Å². The monoisotopic (exact) mass is 346 g/mol. The maximum atomic E-state index is 12.6. The van der Waals surface area contributed by atoms with Crippen molar-refractivity contribution in [1.82, 2.24) is 14.7 Å². The average Bonchev–Trinajstić information content (AvgIpc) is 2.61. The number of carbonyl (C=O) groups excluding carboxylic acids is 2. The summed E-state index contributed by atoms with van der Waals surface area (Å²) in [5, 5.41) is 0.259. The molecular formula is C17H22N4O2S. The third-order valence-electron chi connectivity index (χ3n) is 4.71. The zero-order valence-electron chi connectivity index (χ0n) is 13.9. The van der Waals surface area contributed by atoms with Gasteiger partial charge in [-0.05, 0) is 24.8 Å². The van der Waals surface area contributed by atoms with Crippen molar-refractivity contribution in [1.29, 1.82) is 0 Å². The number of aliphatic imine (C=N–C) groups is 1. The van der Waals surface area contributed by atoms with Gasteiger partial charge in [-0.2, -0.15) is 0 Å². The number of likely N-dealkylation sites (N-methyl/N-ethyl adjacent to an activating group) is 1. The number of fused-ring (bicyclic) bond motifs is 1. The van der Waals surface area contributed by atoms with Gasteiger partial charge in [-0.1, -0.05) is 25.2 Å². The Morgan fingerprint density at radius 1 is 1.29 bits per heavy atom. The van der Waals surface area contributed by atoms with Gasteiger partial charge < -0.3 is 9.80 Å². The minimum Gasteiger partial charge on any atom is -0.340 e. The summed E-state index contributed by atoms with van der Waals surface area (Å²) in [7, 11) is 0. The van der Waals surface area contributed by atoms with Crippen molar-refractivity contribution in [2.75, 3.05) is 39.3 Å². The highest BCUT2D eigenvalue weighted by molar-refractivity contribution is 7.80. The van der Waals surface area contributed by atoms with E-state index in [-0.39, 0.29) is 29.3 Å². The summed E-state index contributed by atoms with van der Waals surface area (Å²) in [6.45, 7) is 6.78. The Morgan fingerprint density at radius 2 is 2.04 bits per heavy atom. The van der Waals surface area contributed by atoms with E-state index < -0.39 is 0 Å². The Labute approximate surface area is 147 Å². The first-order chi connectivity index (χ1) is 11.6. The number of piperazine rings is 1. The minimum atomic E-state index is -0.370. The van der Waals surface area contributed by atoms with Crippen LogP contribution in [0.4, 0.5) is 0 Å². The molecular weight excluding hydrogens is 324 g/mol. The number of nitrogens with zero attached hydrogens (tertiary/aromatic N) is 4. The molecule has 1 aliphatic carbocycles. The van der Waals surface area contributed by atoms with Crippen LogP contribution < -0.4 is 0 Å². The second-order valence-corrected chi connectivity index (χ2v) is 6.46. The fraction of sp³-hybridized carbons (Fsp3) is 0.529. The fourth-order valence-electron chi connectivity index (χ4n) is 3.17. The zero-order chi connectivity index (χ0) is 17.1. The van der Waals surface area contributed by atoms with Crippen LogP contribution in [0.15, 0.2) is 29.3 Å². The topological polar surface area (TPSA) is 56.2 Å². The first kappa shape index (κ1) is 17.0. The molecule has 2 heterocycles. The van der Waals surface area contributed by atoms with Gasteiger partial charge in [0, 0.05) is 39.1 Å². The summed E-state index contributed by atoms with van der Waals surface area (Å²) in [4.78, 5) is 35.0. The average molecular weight is 346 g/mol. The van der Waals surface area contributed by atoms with Crippen LogP contribution in [-0.4, -0.2) is 76.6 Å². The van der Waals surface area contributed by atoms with Crippen molar-refractivity contribution in [3.05, 3.63) is 24.3 Å². The molecule has 0 radical (unpaired) electrons. The van der Waals surface area contributed by atoms with E-state index in [0.717, 1.165) is 32.7 Å². The second kappa shape index (κ2) is 7.36. The standard InChI is InChI=1S/C17H22N4O2S/c1-2-19-9-11-20(12-10-19)15(22)7-8-21-16(23)13-5-3-4-6-14(13)18-17(21)24/h3-6,13H,2,7-12H2,1H3. The summed E-state index contributed by atoms with van der Waals surface area (Å²) < 4.78 is 0. The van der Waals surface area contributed by atoms with Crippen LogP contribution in [0.5, 0.6) is 0 Å². The maximum absolute atomic E-state index is 12.6. The molecule has 0 spiro atoms. The molecule has 1 fully saturated rings. The largest absolute Gasteiger partial charge is 0.340 e. The Balaban J connectivity index is 1.56. The molecule has 1 unspecified atom stereocenters. The minimum absolute atomic E-state index is 0.0789. The number of amides is 2. The molecule has 1 saturated heterocycles. The molecule has 0 N–H and O–H groups in total. The van der Waals surface area contributed by atoms with Crippen LogP contribution in [0.1, 0.15) is 13.3 Å². The van der Waals surface area contributed by atoms with E-state index in [1.54, 1.807) is 0 Å². The Kier molecular flexibility index (Phi) is 5.20. The number of carbonyl (C=O) groups is 2. The van der Waals surface area contributed by atoms with E-state index in [1.165, 1.54) is 4.90 Å². The van der Waals surface area contributed by atoms with E-state index in [2.05, 4.69) is 16.8 Å². The van der Waals surface area contributed by atoms with Crippen LogP contribution in [0.25, 0.3) is 0 Å². The molecule has 3 aliphatic rings. The lowest BCUT2D eigenvalue weighted by Gasteiger charge is -2.35. The van der Waals surface area contributed by atoms with Crippen molar-refractivity contribution in [2.45, 2.75) is 13.3 Å². The van der Waals surface area contributed by atoms with Gasteiger partial charge in [0.25, 0.3) is 0 Å². The van der Waals surface area contributed by atoms with E-state index in [1.807, 2.05) is 29.2 Å². The lowest BCUT2D eigenvalue weighted by Crippen LogP contribution is -2.50. The maximum Gasteiger partial charge on any atom is 0.241 e. The lowest BCUT2D eigenvalue weighted by molar-refractivity contribution is -0.134. The summed E-state index contributed by atoms with van der Waals surface area (Å²) >= 11 is 5.24. The van der Waals surface area contributed by atoms with Crippen LogP contribution in [0.2, 0.25) is 0 Å². The Morgan fingerprint density at radius 3 is 2.75 bits per heavy atom. The number of allylic oxidation sites excluding steroid dienone is 3. The quantitative estimate of drug-likeness (QED) is 0.708. The van der Waals surface area contributed by atoms with Gasteiger partial charge in [0.05, 0.1) is 11.6 Å². The molecule has 0 aromatic carbocycles. The molecule has 2 aliphatic heterocycles. The third-order valence-corrected chi connectivity index (χ3v) is 5.02. The molecule has 0 aromatic rings. The van der Waals surface area contributed by atoms with E-state index >= 15 is 0 Å². The highest BCUT2D eigenvalue weighted by Crippen LogP contribution is 2.20. The number of rotatable bonds is 4. The van der Waals surface area contributed by atoms with E-state index in [9.17, 15) is 9.59 Å². The smallest absolute Gasteiger partial charge is 0.241 e. The third kappa shape index (κ3) is 3.47. The second-order valence-electron chi connectivity index (χ2n) is 6.10. The van der Waals surface area contributed by atoms with Crippen LogP contribution in [0, 0.1) is 5.92 Å². The van der Waals surface area contributed by atoms with Gasteiger partial charge in [-0.15, -0.1) is 0 Å². The highest BCUT2D eigenvalue weighted by atomic mass is 32.1. The fourth-order valence-corrected chi connectivity index (χ4v) is 3.45. The van der Waals surface area contributed by atoms with Crippen LogP contribution >= 0.6 is 12.2 Å². The number of thiocarbonyl (C=S) groups is 1. The summed E-state index contributed by atoms with van der Waals surface area (Å²) in [6, 6.07) is 0. The molecule has 1 atom stereocenters. The van der Waals surface area contributed by atoms with Crippen molar-refractivity contribution in [3.63, 3.8) is 0 Å². The zero-order valence-corrected chi connectivity index (χ0v) is 14.7. The normalized spacial score (nSPS) is 24.2. The predicted octanol–water partition coefficient (Wildman–Crippen LogP) is 0.851. The van der Waals surface area contributed by atoms with Gasteiger partial charge in [0.1, 0.15) is 0 Å². The molecule has 0 aromatic heterocycles. The first-order valence-corrected chi connectivity index (χ1v) is 8.80. The van der Waals surface area contributed by atoms with Gasteiger partial charge in [0.2, 0.25) is 16.9 Å². The van der Waals surface area contributed by atoms with Gasteiger partial charge in [0.15, 0.2) is 0 Å². The SMILES string of the molecule is CCN1CCN(C(=O)CCN2C(=O)C3C=CC=CC3=NC2=S)CC1. The lowest BCUT2D eigenvalue weighted by atomic mass is 9.95. The highest BCUT2D eigenvalue weighted by Gasteiger charge is 2.34. The molecule has 2 amide bonds. The number of hydrogen-bond donors (Lipinski definition) is 0. The van der Waals surface area contributed by atoms with Crippen molar-refractivity contribution < 1.29 is 9.59 Å². The van der Waals surface area contributed by atoms with Gasteiger partial charge in [-0.25, -0.2) is 4.99 Å². The summed E-state index contributed by atoms with van der Waals surface area (Å²) in [5.41, 5.74) is 0.686. The molecule has 0 bridgehead atoms. The molecule has 6 nitrogen and oxygen atoms in total. The summed E-state index contributed by atoms with van der Waals surface area (Å²) in [5.74, 6) is -0.380. The van der Waals surface area contributed by atoms with Crippen molar-refractivity contribution in [2.24, 2.45) is 10.9 Å². The predicted molar refractivity (Wildman–Crippen MR) is 96.8 cm³/mol. The molecule has 7 heteroatoms. The number of hydrogen-bond acceptors (Lipinski definition) is 4. The molecule has 3 rings (SSSR count). The molecule has 24 heavy (non-hydrogen) atoms. The van der Waals surface area contributed by atoms with E-state index in [4.69, 9.17) is 12.2 Å². The van der Waals surface area contributed by atoms with Gasteiger partial charge in [-0.3, -0.25) is 14.5 Å². The molecule has 128 valence electrons. The Hall–Kier alpha value is -1.86. The van der Waals surface area contributed by atoms with Crippen molar-refractivity contribution in [3.8, 4) is 0 Å². The van der Waals surface area contributed by atoms with E-state index in [0.29, 0.717) is 12.3 Å². The molecule has 0 saturated carbocycles. The Bertz CT molecular complexity index is 633. The van der Waals surface area contributed by atoms with Crippen LogP contribution in [0.3, 0.4) is 0 Å².